The van der Waals surface area contributed by atoms with Gasteiger partial charge in [-0.1, -0.05) is 12.1 Å². The Kier molecular flexibility index (Phi) is 3.61. The second kappa shape index (κ2) is 5.30. The van der Waals surface area contributed by atoms with Gasteiger partial charge in [-0.3, -0.25) is 0 Å². The van der Waals surface area contributed by atoms with E-state index in [0.29, 0.717) is 5.92 Å². The van der Waals surface area contributed by atoms with Crippen LogP contribution >= 0.6 is 11.3 Å². The zero-order valence-corrected chi connectivity index (χ0v) is 13.4. The highest BCUT2D eigenvalue weighted by atomic mass is 32.1. The van der Waals surface area contributed by atoms with E-state index in [2.05, 4.69) is 16.4 Å². The maximum atomic E-state index is 11.7. The molecular formula is C16H20N2O2S. The Bertz CT molecular complexity index is 621. The number of amides is 1. The number of fused-ring (bicyclic) bond motifs is 1. The number of carbonyl (C=O) groups excluding carboxylic acids is 1. The zero-order valence-electron chi connectivity index (χ0n) is 12.6. The van der Waals surface area contributed by atoms with E-state index in [-0.39, 0.29) is 12.1 Å². The molecule has 1 heterocycles. The highest BCUT2D eigenvalue weighted by molar-refractivity contribution is 7.18. The number of hydrogen-bond acceptors (Lipinski definition) is 4. The molecule has 1 aliphatic carbocycles. The van der Waals surface area contributed by atoms with E-state index in [1.54, 1.807) is 11.3 Å². The minimum Gasteiger partial charge on any atom is -0.444 e. The first-order valence-corrected chi connectivity index (χ1v) is 8.07. The van der Waals surface area contributed by atoms with Crippen LogP contribution in [-0.2, 0) is 4.74 Å². The Morgan fingerprint density at radius 3 is 2.71 bits per heavy atom. The van der Waals surface area contributed by atoms with Crippen LogP contribution in [-0.4, -0.2) is 22.7 Å². The fraction of sp³-hybridized carbons (Fsp3) is 0.500. The molecule has 0 spiro atoms. The molecule has 0 radical (unpaired) electrons. The van der Waals surface area contributed by atoms with Crippen LogP contribution in [0.2, 0.25) is 0 Å². The predicted molar refractivity (Wildman–Crippen MR) is 84.8 cm³/mol. The average molecular weight is 304 g/mol. The van der Waals surface area contributed by atoms with Crippen molar-refractivity contribution >= 4 is 27.6 Å². The van der Waals surface area contributed by atoms with Crippen LogP contribution in [0.1, 0.15) is 44.5 Å². The topological polar surface area (TPSA) is 51.2 Å². The minimum atomic E-state index is -0.444. The van der Waals surface area contributed by atoms with Crippen molar-refractivity contribution < 1.29 is 9.53 Å². The summed E-state index contributed by atoms with van der Waals surface area (Å²) in [5.41, 5.74) is 0.626. The summed E-state index contributed by atoms with van der Waals surface area (Å²) in [7, 11) is 0. The molecule has 1 aromatic carbocycles. The molecule has 1 amide bonds. The van der Waals surface area contributed by atoms with Gasteiger partial charge in [0.1, 0.15) is 5.60 Å². The Labute approximate surface area is 128 Å². The highest BCUT2D eigenvalue weighted by Gasteiger charge is 2.34. The molecule has 5 heteroatoms. The van der Waals surface area contributed by atoms with Crippen molar-refractivity contribution in [1.82, 2.24) is 10.3 Å². The monoisotopic (exact) mass is 304 g/mol. The molecule has 0 saturated heterocycles. The van der Waals surface area contributed by atoms with Gasteiger partial charge in [0, 0.05) is 12.0 Å². The first-order chi connectivity index (χ1) is 9.90. The second-order valence-electron chi connectivity index (χ2n) is 6.53. The van der Waals surface area contributed by atoms with Crippen molar-refractivity contribution in [1.29, 1.82) is 0 Å². The molecular weight excluding hydrogens is 284 g/mol. The van der Waals surface area contributed by atoms with Crippen molar-refractivity contribution in [2.24, 2.45) is 0 Å². The Morgan fingerprint density at radius 2 is 2.05 bits per heavy atom. The summed E-state index contributed by atoms with van der Waals surface area (Å²) in [6.07, 6.45) is 1.56. The number of nitrogens with zero attached hydrogens (tertiary/aromatic N) is 1. The lowest BCUT2D eigenvalue weighted by Gasteiger charge is -2.34. The van der Waals surface area contributed by atoms with Crippen molar-refractivity contribution in [3.63, 3.8) is 0 Å². The number of nitrogens with one attached hydrogen (secondary N) is 1. The average Bonchev–Trinajstić information content (AvgIpc) is 2.73. The van der Waals surface area contributed by atoms with E-state index >= 15 is 0 Å². The van der Waals surface area contributed by atoms with E-state index in [1.807, 2.05) is 39.0 Å². The molecule has 0 unspecified atom stereocenters. The van der Waals surface area contributed by atoms with Crippen LogP contribution < -0.4 is 5.32 Å². The molecule has 112 valence electrons. The summed E-state index contributed by atoms with van der Waals surface area (Å²) < 4.78 is 6.50. The van der Waals surface area contributed by atoms with Gasteiger partial charge in [0.15, 0.2) is 0 Å². The van der Waals surface area contributed by atoms with Crippen LogP contribution in [0.15, 0.2) is 24.3 Å². The van der Waals surface area contributed by atoms with Gasteiger partial charge >= 0.3 is 6.09 Å². The Balaban J connectivity index is 1.55. The molecule has 0 bridgehead atoms. The van der Waals surface area contributed by atoms with E-state index in [9.17, 15) is 4.79 Å². The van der Waals surface area contributed by atoms with Gasteiger partial charge in [0.2, 0.25) is 0 Å². The lowest BCUT2D eigenvalue weighted by atomic mass is 9.81. The second-order valence-corrected chi connectivity index (χ2v) is 7.59. The largest absolute Gasteiger partial charge is 0.444 e. The summed E-state index contributed by atoms with van der Waals surface area (Å²) in [6.45, 7) is 5.62. The molecule has 3 rings (SSSR count). The predicted octanol–water partition coefficient (Wildman–Crippen LogP) is 4.07. The van der Waals surface area contributed by atoms with Crippen LogP contribution in [0, 0.1) is 0 Å². The molecule has 1 aromatic heterocycles. The van der Waals surface area contributed by atoms with E-state index in [4.69, 9.17) is 4.74 Å². The summed E-state index contributed by atoms with van der Waals surface area (Å²) >= 11 is 1.76. The molecule has 1 fully saturated rings. The third-order valence-electron chi connectivity index (χ3n) is 3.52. The van der Waals surface area contributed by atoms with Gasteiger partial charge in [-0.25, -0.2) is 9.78 Å². The van der Waals surface area contributed by atoms with Gasteiger partial charge in [0.05, 0.1) is 15.2 Å². The van der Waals surface area contributed by atoms with Gasteiger partial charge < -0.3 is 10.1 Å². The number of carbonyl (C=O) groups is 1. The third-order valence-corrected chi connectivity index (χ3v) is 4.72. The number of aromatic nitrogens is 1. The number of alkyl carbamates (subject to hydrolysis) is 1. The third kappa shape index (κ3) is 3.35. The van der Waals surface area contributed by atoms with Crippen LogP contribution in [0.3, 0.4) is 0 Å². The molecule has 1 saturated carbocycles. The van der Waals surface area contributed by atoms with Crippen molar-refractivity contribution in [2.75, 3.05) is 0 Å². The smallest absolute Gasteiger partial charge is 0.407 e. The zero-order chi connectivity index (χ0) is 15.0. The van der Waals surface area contributed by atoms with Crippen LogP contribution in [0.5, 0.6) is 0 Å². The summed E-state index contributed by atoms with van der Waals surface area (Å²) in [6, 6.07) is 8.41. The minimum absolute atomic E-state index is 0.205. The first-order valence-electron chi connectivity index (χ1n) is 7.26. The fourth-order valence-corrected chi connectivity index (χ4v) is 3.57. The first kappa shape index (κ1) is 14.3. The van der Waals surface area contributed by atoms with Crippen molar-refractivity contribution in [3.8, 4) is 0 Å². The molecule has 4 nitrogen and oxygen atoms in total. The number of para-hydroxylation sites is 1. The standard InChI is InChI=1S/C16H20N2O2S/c1-16(2,3)20-15(19)17-11-8-10(9-11)14-18-12-6-4-5-7-13(12)21-14/h4-7,10-11H,8-9H2,1-3H3,(H,17,19). The van der Waals surface area contributed by atoms with Crippen molar-refractivity contribution in [2.45, 2.75) is 51.2 Å². The van der Waals surface area contributed by atoms with Gasteiger partial charge in [0.25, 0.3) is 0 Å². The van der Waals surface area contributed by atoms with E-state index < -0.39 is 5.60 Å². The summed E-state index contributed by atoms with van der Waals surface area (Å²) in [5.74, 6) is 0.460. The normalized spacial score (nSPS) is 21.9. The maximum absolute atomic E-state index is 11.7. The molecule has 0 atom stereocenters. The van der Waals surface area contributed by atoms with Crippen LogP contribution in [0.4, 0.5) is 4.79 Å². The Hall–Kier alpha value is -1.62. The van der Waals surface area contributed by atoms with Gasteiger partial charge in [-0.15, -0.1) is 11.3 Å². The molecule has 21 heavy (non-hydrogen) atoms. The lowest BCUT2D eigenvalue weighted by Crippen LogP contribution is -2.45. The van der Waals surface area contributed by atoms with Crippen molar-refractivity contribution in [3.05, 3.63) is 29.3 Å². The quantitative estimate of drug-likeness (QED) is 0.910. The molecule has 0 aliphatic heterocycles. The number of hydrogen-bond donors (Lipinski definition) is 1. The fourth-order valence-electron chi connectivity index (χ4n) is 2.48. The van der Waals surface area contributed by atoms with E-state index in [0.717, 1.165) is 18.4 Å². The maximum Gasteiger partial charge on any atom is 0.407 e. The Morgan fingerprint density at radius 1 is 1.33 bits per heavy atom. The number of rotatable bonds is 2. The number of benzene rings is 1. The summed E-state index contributed by atoms with van der Waals surface area (Å²) in [5, 5.41) is 4.10. The number of ether oxygens (including phenoxy) is 1. The molecule has 2 aromatic rings. The highest BCUT2D eigenvalue weighted by Crippen LogP contribution is 2.40. The number of thiazole rings is 1. The molecule has 1 N–H and O–H groups in total. The lowest BCUT2D eigenvalue weighted by molar-refractivity contribution is 0.0471. The van der Waals surface area contributed by atoms with Crippen LogP contribution in [0.25, 0.3) is 10.2 Å². The summed E-state index contributed by atoms with van der Waals surface area (Å²) in [4.78, 5) is 16.4. The van der Waals surface area contributed by atoms with Gasteiger partial charge in [-0.05, 0) is 45.7 Å². The van der Waals surface area contributed by atoms with E-state index in [1.165, 1.54) is 9.71 Å². The molecule has 1 aliphatic rings. The van der Waals surface area contributed by atoms with Gasteiger partial charge in [-0.2, -0.15) is 0 Å². The SMILES string of the molecule is CC(C)(C)OC(=O)NC1CC(c2nc3ccccc3s2)C1.